The Balaban J connectivity index is 1.93. The van der Waals surface area contributed by atoms with Gasteiger partial charge in [-0.3, -0.25) is 0 Å². The van der Waals surface area contributed by atoms with E-state index in [0.717, 1.165) is 29.6 Å². The molecule has 0 atom stereocenters. The average molecular weight is 184 g/mol. The van der Waals surface area contributed by atoms with E-state index in [9.17, 15) is 0 Å². The van der Waals surface area contributed by atoms with Crippen molar-refractivity contribution >= 4 is 16.5 Å². The number of anilines is 1. The maximum Gasteiger partial charge on any atom is 0.205 e. The molecule has 0 unspecified atom stereocenters. The molecular formula is C7H12N4S. The Labute approximate surface area is 75.4 Å². The summed E-state index contributed by atoms with van der Waals surface area (Å²) < 4.78 is 0. The second kappa shape index (κ2) is 3.37. The second-order valence-corrected chi connectivity index (χ2v) is 3.92. The lowest BCUT2D eigenvalue weighted by Gasteiger charge is -2.27. The van der Waals surface area contributed by atoms with E-state index in [1.54, 1.807) is 11.3 Å². The second-order valence-electron chi connectivity index (χ2n) is 2.85. The zero-order valence-electron chi connectivity index (χ0n) is 7.00. The van der Waals surface area contributed by atoms with Gasteiger partial charge in [-0.2, -0.15) is 0 Å². The molecule has 12 heavy (non-hydrogen) atoms. The molecule has 4 nitrogen and oxygen atoms in total. The van der Waals surface area contributed by atoms with E-state index in [1.807, 2.05) is 0 Å². The van der Waals surface area contributed by atoms with Gasteiger partial charge in [0.25, 0.3) is 0 Å². The van der Waals surface area contributed by atoms with Crippen LogP contribution in [0.3, 0.4) is 0 Å². The van der Waals surface area contributed by atoms with Gasteiger partial charge in [0.15, 0.2) is 0 Å². The van der Waals surface area contributed by atoms with Gasteiger partial charge in [0.2, 0.25) is 5.13 Å². The molecule has 1 saturated heterocycles. The van der Waals surface area contributed by atoms with Crippen LogP contribution >= 0.6 is 11.3 Å². The first kappa shape index (κ1) is 7.94. The Hall–Kier alpha value is -0.680. The summed E-state index contributed by atoms with van der Waals surface area (Å²) in [6.45, 7) is 4.18. The predicted octanol–water partition coefficient (Wildman–Crippen LogP) is 0.484. The lowest BCUT2D eigenvalue weighted by Crippen LogP contribution is -2.51. The number of nitrogens with one attached hydrogen (secondary N) is 2. The predicted molar refractivity (Wildman–Crippen MR) is 49.6 cm³/mol. The third-order valence-corrected chi connectivity index (χ3v) is 2.88. The molecule has 1 fully saturated rings. The van der Waals surface area contributed by atoms with Crippen LogP contribution in [0.2, 0.25) is 0 Å². The molecule has 2 heterocycles. The van der Waals surface area contributed by atoms with Gasteiger partial charge in [-0.1, -0.05) is 18.3 Å². The van der Waals surface area contributed by atoms with E-state index in [-0.39, 0.29) is 0 Å². The summed E-state index contributed by atoms with van der Waals surface area (Å²) in [5, 5.41) is 16.6. The molecule has 0 bridgehead atoms. The van der Waals surface area contributed by atoms with Crippen molar-refractivity contribution in [3.63, 3.8) is 0 Å². The zero-order valence-corrected chi connectivity index (χ0v) is 7.82. The highest BCUT2D eigenvalue weighted by molar-refractivity contribution is 7.15. The van der Waals surface area contributed by atoms with Crippen LogP contribution < -0.4 is 10.6 Å². The molecule has 0 radical (unpaired) electrons. The maximum atomic E-state index is 4.04. The summed E-state index contributed by atoms with van der Waals surface area (Å²) >= 11 is 1.65. The molecule has 0 amide bonds. The van der Waals surface area contributed by atoms with Crippen LogP contribution in [0.1, 0.15) is 11.9 Å². The Morgan fingerprint density at radius 3 is 2.92 bits per heavy atom. The topological polar surface area (TPSA) is 49.8 Å². The van der Waals surface area contributed by atoms with E-state index in [4.69, 9.17) is 0 Å². The van der Waals surface area contributed by atoms with Crippen molar-refractivity contribution in [1.29, 1.82) is 0 Å². The molecule has 0 saturated carbocycles. The quantitative estimate of drug-likeness (QED) is 0.717. The fourth-order valence-electron chi connectivity index (χ4n) is 1.02. The summed E-state index contributed by atoms with van der Waals surface area (Å²) in [6, 6.07) is 0.558. The molecular weight excluding hydrogens is 172 g/mol. The number of aromatic nitrogens is 2. The standard InChI is InChI=1S/C7H12N4S/c1-2-6-10-11-7(12-6)9-5-3-8-4-5/h5,8H,2-4H2,1H3,(H,9,11). The minimum atomic E-state index is 0.558. The van der Waals surface area contributed by atoms with Crippen molar-refractivity contribution in [3.05, 3.63) is 5.01 Å². The van der Waals surface area contributed by atoms with E-state index in [1.165, 1.54) is 0 Å². The lowest BCUT2D eigenvalue weighted by molar-refractivity contribution is 0.471. The fourth-order valence-corrected chi connectivity index (χ4v) is 1.78. The van der Waals surface area contributed by atoms with Gasteiger partial charge >= 0.3 is 0 Å². The first-order valence-electron chi connectivity index (χ1n) is 4.18. The van der Waals surface area contributed by atoms with Gasteiger partial charge in [0.05, 0.1) is 6.04 Å². The van der Waals surface area contributed by atoms with Crippen LogP contribution in [0.15, 0.2) is 0 Å². The van der Waals surface area contributed by atoms with Gasteiger partial charge < -0.3 is 10.6 Å². The smallest absolute Gasteiger partial charge is 0.205 e. The minimum Gasteiger partial charge on any atom is -0.355 e. The summed E-state index contributed by atoms with van der Waals surface area (Å²) in [4.78, 5) is 0. The van der Waals surface area contributed by atoms with Gasteiger partial charge in [0.1, 0.15) is 5.01 Å². The van der Waals surface area contributed by atoms with Crippen LogP contribution in [0.5, 0.6) is 0 Å². The zero-order chi connectivity index (χ0) is 8.39. The number of hydrogen-bond acceptors (Lipinski definition) is 5. The van der Waals surface area contributed by atoms with E-state index in [0.29, 0.717) is 6.04 Å². The Morgan fingerprint density at radius 1 is 1.58 bits per heavy atom. The van der Waals surface area contributed by atoms with Gasteiger partial charge in [-0.15, -0.1) is 10.2 Å². The van der Waals surface area contributed by atoms with Crippen molar-refractivity contribution in [2.75, 3.05) is 18.4 Å². The first-order chi connectivity index (χ1) is 5.88. The highest BCUT2D eigenvalue weighted by Crippen LogP contribution is 2.16. The van der Waals surface area contributed by atoms with Gasteiger partial charge in [-0.05, 0) is 6.42 Å². The molecule has 0 aliphatic carbocycles. The highest BCUT2D eigenvalue weighted by atomic mass is 32.1. The molecule has 2 N–H and O–H groups in total. The largest absolute Gasteiger partial charge is 0.355 e. The SMILES string of the molecule is CCc1nnc(NC2CNC2)s1. The van der Waals surface area contributed by atoms with Crippen molar-refractivity contribution in [2.45, 2.75) is 19.4 Å². The number of nitrogens with zero attached hydrogens (tertiary/aromatic N) is 2. The van der Waals surface area contributed by atoms with Gasteiger partial charge in [-0.25, -0.2) is 0 Å². The van der Waals surface area contributed by atoms with E-state index < -0.39 is 0 Å². The third-order valence-electron chi connectivity index (χ3n) is 1.88. The normalized spacial score (nSPS) is 17.4. The monoisotopic (exact) mass is 184 g/mol. The molecule has 1 aliphatic rings. The van der Waals surface area contributed by atoms with Crippen molar-refractivity contribution in [3.8, 4) is 0 Å². The van der Waals surface area contributed by atoms with Crippen molar-refractivity contribution in [1.82, 2.24) is 15.5 Å². The van der Waals surface area contributed by atoms with Crippen LogP contribution in [-0.2, 0) is 6.42 Å². The number of aryl methyl sites for hydroxylation is 1. The van der Waals surface area contributed by atoms with Crippen LogP contribution in [0, 0.1) is 0 Å². The molecule has 0 aromatic carbocycles. The van der Waals surface area contributed by atoms with E-state index in [2.05, 4.69) is 27.8 Å². The molecule has 0 spiro atoms. The van der Waals surface area contributed by atoms with Crippen LogP contribution in [0.4, 0.5) is 5.13 Å². The van der Waals surface area contributed by atoms with Crippen LogP contribution in [-0.4, -0.2) is 29.3 Å². The molecule has 1 aliphatic heterocycles. The molecule has 1 aromatic heterocycles. The van der Waals surface area contributed by atoms with Gasteiger partial charge in [0, 0.05) is 13.1 Å². The fraction of sp³-hybridized carbons (Fsp3) is 0.714. The summed E-state index contributed by atoms with van der Waals surface area (Å²) in [5.74, 6) is 0. The summed E-state index contributed by atoms with van der Waals surface area (Å²) in [7, 11) is 0. The summed E-state index contributed by atoms with van der Waals surface area (Å²) in [6.07, 6.45) is 0.974. The Bertz CT molecular complexity index is 256. The molecule has 66 valence electrons. The number of hydrogen-bond donors (Lipinski definition) is 2. The molecule has 1 aromatic rings. The molecule has 2 rings (SSSR count). The lowest BCUT2D eigenvalue weighted by atomic mass is 10.2. The van der Waals surface area contributed by atoms with Crippen molar-refractivity contribution < 1.29 is 0 Å². The van der Waals surface area contributed by atoms with Crippen LogP contribution in [0.25, 0.3) is 0 Å². The first-order valence-corrected chi connectivity index (χ1v) is 4.99. The van der Waals surface area contributed by atoms with E-state index >= 15 is 0 Å². The summed E-state index contributed by atoms with van der Waals surface area (Å²) in [5.41, 5.74) is 0. The third kappa shape index (κ3) is 1.56. The van der Waals surface area contributed by atoms with Crippen molar-refractivity contribution in [2.24, 2.45) is 0 Å². The number of rotatable bonds is 3. The highest BCUT2D eigenvalue weighted by Gasteiger charge is 2.17. The minimum absolute atomic E-state index is 0.558. The Kier molecular flexibility index (Phi) is 2.23. The Morgan fingerprint density at radius 2 is 2.42 bits per heavy atom. The average Bonchev–Trinajstić information content (AvgIpc) is 2.44. The molecule has 5 heteroatoms. The maximum absolute atomic E-state index is 4.04.